The molecule has 2 amide bonds. The van der Waals surface area contributed by atoms with Crippen LogP contribution < -0.4 is 10.6 Å². The van der Waals surface area contributed by atoms with Crippen molar-refractivity contribution in [2.45, 2.75) is 37.9 Å². The van der Waals surface area contributed by atoms with Crippen LogP contribution in [-0.2, 0) is 9.53 Å². The van der Waals surface area contributed by atoms with Crippen LogP contribution in [0.4, 0.5) is 4.39 Å². The zero-order chi connectivity index (χ0) is 19.9. The molecule has 1 spiro atoms. The third-order valence-corrected chi connectivity index (χ3v) is 6.71. The number of carbonyl (C=O) groups is 2. The molecule has 0 aromatic heterocycles. The van der Waals surface area contributed by atoms with Gasteiger partial charge >= 0.3 is 0 Å². The van der Waals surface area contributed by atoms with E-state index in [-0.39, 0.29) is 35.3 Å². The molecule has 28 heavy (non-hydrogen) atoms. The van der Waals surface area contributed by atoms with E-state index in [9.17, 15) is 14.0 Å². The Morgan fingerprint density at radius 2 is 2.21 bits per heavy atom. The average Bonchev–Trinajstić information content (AvgIpc) is 3.34. The normalized spacial score (nSPS) is 31.0. The van der Waals surface area contributed by atoms with Gasteiger partial charge in [0, 0.05) is 57.0 Å². The molecule has 4 rings (SSSR count). The lowest BCUT2D eigenvalue weighted by atomic mass is 9.73. The summed E-state index contributed by atoms with van der Waals surface area (Å²) in [4.78, 5) is 26.4. The van der Waals surface area contributed by atoms with Crippen molar-refractivity contribution in [3.63, 3.8) is 0 Å². The van der Waals surface area contributed by atoms with Gasteiger partial charge in [-0.1, -0.05) is 0 Å². The summed E-state index contributed by atoms with van der Waals surface area (Å²) < 4.78 is 19.8. The summed E-state index contributed by atoms with van der Waals surface area (Å²) in [6.07, 6.45) is 2.77. The maximum atomic E-state index is 13.4. The number of aryl methyl sites for hydroxylation is 1. The fraction of sp³-hybridized carbons (Fsp3) is 0.619. The van der Waals surface area contributed by atoms with Crippen molar-refractivity contribution in [2.24, 2.45) is 11.8 Å². The fourth-order valence-electron chi connectivity index (χ4n) is 5.21. The fourth-order valence-corrected chi connectivity index (χ4v) is 5.21. The van der Waals surface area contributed by atoms with Gasteiger partial charge in [0.1, 0.15) is 5.82 Å². The number of rotatable bonds is 6. The van der Waals surface area contributed by atoms with Gasteiger partial charge in [-0.25, -0.2) is 4.39 Å². The molecular weight excluding hydrogens is 361 g/mol. The second kappa shape index (κ2) is 7.44. The second-order valence-electron chi connectivity index (χ2n) is 8.36. The van der Waals surface area contributed by atoms with E-state index < -0.39 is 0 Å². The molecule has 0 aliphatic carbocycles. The van der Waals surface area contributed by atoms with Gasteiger partial charge in [0.25, 0.3) is 5.91 Å². The van der Waals surface area contributed by atoms with E-state index in [1.165, 1.54) is 12.1 Å². The number of ether oxygens (including phenoxy) is 1. The van der Waals surface area contributed by atoms with Gasteiger partial charge in [-0.05, 0) is 43.5 Å². The van der Waals surface area contributed by atoms with E-state index in [0.29, 0.717) is 30.0 Å². The molecule has 4 atom stereocenters. The number of likely N-dealkylation sites (tertiary alicyclic amines) is 1. The van der Waals surface area contributed by atoms with Gasteiger partial charge in [0.15, 0.2) is 0 Å². The molecule has 3 saturated heterocycles. The summed E-state index contributed by atoms with van der Waals surface area (Å²) in [5, 5.41) is 5.70. The minimum atomic E-state index is -0.303. The summed E-state index contributed by atoms with van der Waals surface area (Å²) in [5.74, 6) is 0.241. The van der Waals surface area contributed by atoms with Crippen molar-refractivity contribution < 1.29 is 18.7 Å². The van der Waals surface area contributed by atoms with E-state index in [0.717, 1.165) is 32.5 Å². The van der Waals surface area contributed by atoms with Gasteiger partial charge in [-0.3, -0.25) is 14.5 Å². The Hall–Kier alpha value is -1.99. The lowest BCUT2D eigenvalue weighted by Crippen LogP contribution is -2.41. The number of fused-ring (bicyclic) bond motifs is 1. The minimum Gasteiger partial charge on any atom is -0.370 e. The molecule has 6 nitrogen and oxygen atoms in total. The molecule has 2 bridgehead atoms. The predicted molar refractivity (Wildman–Crippen MR) is 102 cm³/mol. The van der Waals surface area contributed by atoms with Crippen molar-refractivity contribution in [3.8, 4) is 0 Å². The Kier molecular flexibility index (Phi) is 5.14. The lowest BCUT2D eigenvalue weighted by molar-refractivity contribution is -0.121. The summed E-state index contributed by atoms with van der Waals surface area (Å²) in [6.45, 7) is 4.73. The van der Waals surface area contributed by atoms with Crippen molar-refractivity contribution >= 4 is 11.8 Å². The summed E-state index contributed by atoms with van der Waals surface area (Å²) in [5.41, 5.74) is 0.837. The Labute approximate surface area is 164 Å². The zero-order valence-electron chi connectivity index (χ0n) is 16.5. The number of nitrogens with one attached hydrogen (secondary N) is 2. The first kappa shape index (κ1) is 19.3. The van der Waals surface area contributed by atoms with Gasteiger partial charge in [0.05, 0.1) is 11.7 Å². The SMILES string of the molecule is CNC(=O)CCN1C[C@@H]2[C@H](CNC(=O)c3ccc(F)c(C)c3)[C@H]3CC[C@]2(C1)O3. The van der Waals surface area contributed by atoms with Crippen LogP contribution in [0.15, 0.2) is 18.2 Å². The molecule has 3 aliphatic rings. The first-order valence-corrected chi connectivity index (χ1v) is 10.1. The number of hydrogen-bond donors (Lipinski definition) is 2. The van der Waals surface area contributed by atoms with Gasteiger partial charge in [-0.15, -0.1) is 0 Å². The first-order valence-electron chi connectivity index (χ1n) is 10.1. The number of nitrogens with zero attached hydrogens (tertiary/aromatic N) is 1. The molecule has 7 heteroatoms. The van der Waals surface area contributed by atoms with Crippen LogP contribution in [-0.4, -0.2) is 61.6 Å². The Bertz CT molecular complexity index is 786. The van der Waals surface area contributed by atoms with Crippen LogP contribution in [0.5, 0.6) is 0 Å². The molecule has 152 valence electrons. The lowest BCUT2D eigenvalue weighted by Gasteiger charge is -2.29. The van der Waals surface area contributed by atoms with E-state index in [1.807, 2.05) is 0 Å². The van der Waals surface area contributed by atoms with Gasteiger partial charge in [-0.2, -0.15) is 0 Å². The van der Waals surface area contributed by atoms with Crippen molar-refractivity contribution in [2.75, 3.05) is 33.2 Å². The number of hydrogen-bond acceptors (Lipinski definition) is 4. The number of amides is 2. The highest BCUT2D eigenvalue weighted by molar-refractivity contribution is 5.94. The molecule has 1 aromatic rings. The summed E-state index contributed by atoms with van der Waals surface area (Å²) in [7, 11) is 1.66. The molecular formula is C21H28FN3O3. The Balaban J connectivity index is 1.37. The molecule has 2 N–H and O–H groups in total. The van der Waals surface area contributed by atoms with Gasteiger partial charge in [0.2, 0.25) is 5.91 Å². The molecule has 3 heterocycles. The first-order chi connectivity index (χ1) is 13.4. The smallest absolute Gasteiger partial charge is 0.251 e. The zero-order valence-corrected chi connectivity index (χ0v) is 16.5. The van der Waals surface area contributed by atoms with Crippen LogP contribution in [0.1, 0.15) is 35.2 Å². The van der Waals surface area contributed by atoms with Crippen LogP contribution in [0.2, 0.25) is 0 Å². The van der Waals surface area contributed by atoms with E-state index in [2.05, 4.69) is 15.5 Å². The monoisotopic (exact) mass is 389 g/mol. The average molecular weight is 389 g/mol. The topological polar surface area (TPSA) is 70.7 Å². The van der Waals surface area contributed by atoms with Gasteiger partial charge < -0.3 is 15.4 Å². The van der Waals surface area contributed by atoms with Crippen molar-refractivity contribution in [1.82, 2.24) is 15.5 Å². The number of benzene rings is 1. The maximum absolute atomic E-state index is 13.4. The molecule has 0 radical (unpaired) electrons. The minimum absolute atomic E-state index is 0.0539. The third kappa shape index (κ3) is 3.42. The van der Waals surface area contributed by atoms with Crippen molar-refractivity contribution in [1.29, 1.82) is 0 Å². The Morgan fingerprint density at radius 1 is 1.39 bits per heavy atom. The molecule has 0 saturated carbocycles. The van der Waals surface area contributed by atoms with Crippen LogP contribution in [0.25, 0.3) is 0 Å². The highest BCUT2D eigenvalue weighted by atomic mass is 19.1. The third-order valence-electron chi connectivity index (χ3n) is 6.71. The number of halogens is 1. The molecule has 0 unspecified atom stereocenters. The largest absolute Gasteiger partial charge is 0.370 e. The van der Waals surface area contributed by atoms with Crippen LogP contribution in [0.3, 0.4) is 0 Å². The quantitative estimate of drug-likeness (QED) is 0.773. The highest BCUT2D eigenvalue weighted by Crippen LogP contribution is 2.54. The summed E-state index contributed by atoms with van der Waals surface area (Å²) in [6, 6.07) is 4.44. The molecule has 3 fully saturated rings. The highest BCUT2D eigenvalue weighted by Gasteiger charge is 2.62. The standard InChI is InChI=1S/C21H28FN3O3/c1-13-9-14(3-4-17(13)22)20(27)24-10-15-16-11-25(8-6-19(26)23-2)12-21(16)7-5-18(15)28-21/h3-4,9,15-16,18H,5-8,10-12H2,1-2H3,(H,23,26)(H,24,27)/t15-,16+,18+,21+/m0/s1. The molecule has 3 aliphatic heterocycles. The van der Waals surface area contributed by atoms with E-state index in [4.69, 9.17) is 4.74 Å². The number of carbonyl (C=O) groups excluding carboxylic acids is 2. The van der Waals surface area contributed by atoms with Crippen LogP contribution >= 0.6 is 0 Å². The maximum Gasteiger partial charge on any atom is 0.251 e. The van der Waals surface area contributed by atoms with E-state index >= 15 is 0 Å². The van der Waals surface area contributed by atoms with Crippen molar-refractivity contribution in [3.05, 3.63) is 35.1 Å². The Morgan fingerprint density at radius 3 is 2.96 bits per heavy atom. The van der Waals surface area contributed by atoms with Crippen LogP contribution in [0, 0.1) is 24.6 Å². The second-order valence-corrected chi connectivity index (χ2v) is 8.36. The van der Waals surface area contributed by atoms with E-state index in [1.54, 1.807) is 20.0 Å². The predicted octanol–water partition coefficient (Wildman–Crippen LogP) is 1.48. The summed E-state index contributed by atoms with van der Waals surface area (Å²) >= 11 is 0. The molecule has 1 aromatic carbocycles.